The van der Waals surface area contributed by atoms with E-state index >= 15 is 0 Å². The fraction of sp³-hybridized carbons (Fsp3) is 0.316. The molecule has 2 aromatic heterocycles. The molecular weight excluding hydrogens is 332 g/mol. The third kappa shape index (κ3) is 3.20. The molecule has 1 fully saturated rings. The summed E-state index contributed by atoms with van der Waals surface area (Å²) in [5.41, 5.74) is 1.80. The van der Waals surface area contributed by atoms with Crippen LogP contribution in [0.15, 0.2) is 47.1 Å². The lowest BCUT2D eigenvalue weighted by atomic mass is 10.1. The van der Waals surface area contributed by atoms with Crippen molar-refractivity contribution in [2.45, 2.75) is 25.9 Å². The van der Waals surface area contributed by atoms with Gasteiger partial charge in [0.05, 0.1) is 35.8 Å². The molecule has 3 aromatic rings. The van der Waals surface area contributed by atoms with Crippen molar-refractivity contribution in [3.8, 4) is 0 Å². The lowest BCUT2D eigenvalue weighted by Gasteiger charge is -2.17. The molecule has 2 N–H and O–H groups in total. The lowest BCUT2D eigenvalue weighted by molar-refractivity contribution is -0.129. The molecule has 134 valence electrons. The number of aromatic nitrogens is 2. The summed E-state index contributed by atoms with van der Waals surface area (Å²) < 4.78 is 5.28. The van der Waals surface area contributed by atoms with Gasteiger partial charge in [0, 0.05) is 13.0 Å². The number of benzene rings is 1. The summed E-state index contributed by atoms with van der Waals surface area (Å²) in [6.45, 7) is 2.68. The smallest absolute Gasteiger partial charge is 0.226 e. The van der Waals surface area contributed by atoms with E-state index in [-0.39, 0.29) is 30.2 Å². The second kappa shape index (κ2) is 6.67. The van der Waals surface area contributed by atoms with Crippen molar-refractivity contribution in [3.63, 3.8) is 0 Å². The summed E-state index contributed by atoms with van der Waals surface area (Å²) >= 11 is 0. The van der Waals surface area contributed by atoms with Crippen LogP contribution >= 0.6 is 0 Å². The Balaban J connectivity index is 1.39. The fourth-order valence-electron chi connectivity index (χ4n) is 3.27. The van der Waals surface area contributed by atoms with Crippen LogP contribution in [-0.4, -0.2) is 33.2 Å². The number of furan rings is 1. The number of nitrogens with zero attached hydrogens (tertiary/aromatic N) is 2. The Labute approximate surface area is 150 Å². The van der Waals surface area contributed by atoms with Crippen LogP contribution in [0.1, 0.15) is 31.0 Å². The maximum Gasteiger partial charge on any atom is 0.226 e. The minimum absolute atomic E-state index is 0.0297. The molecule has 7 nitrogen and oxygen atoms in total. The van der Waals surface area contributed by atoms with Gasteiger partial charge in [0.1, 0.15) is 11.6 Å². The standard InChI is InChI=1S/C19H20N4O3/c1-12(18-21-15-6-2-3-7-16(15)22-18)20-19(25)13-9-17(24)23(10-13)11-14-5-4-8-26-14/h2-8,12-13H,9-11H2,1H3,(H,20,25)(H,21,22)/t12-,13-/m0/s1. The Morgan fingerprint density at radius 2 is 2.23 bits per heavy atom. The summed E-state index contributed by atoms with van der Waals surface area (Å²) in [6, 6.07) is 11.1. The molecule has 1 saturated heterocycles. The number of imidazole rings is 1. The van der Waals surface area contributed by atoms with Crippen LogP contribution in [-0.2, 0) is 16.1 Å². The lowest BCUT2D eigenvalue weighted by Crippen LogP contribution is -2.34. The number of hydrogen-bond donors (Lipinski definition) is 2. The van der Waals surface area contributed by atoms with Gasteiger partial charge in [-0.2, -0.15) is 0 Å². The predicted molar refractivity (Wildman–Crippen MR) is 94.9 cm³/mol. The molecule has 0 bridgehead atoms. The molecule has 1 aliphatic rings. The Morgan fingerprint density at radius 3 is 3.00 bits per heavy atom. The van der Waals surface area contributed by atoms with E-state index < -0.39 is 0 Å². The highest BCUT2D eigenvalue weighted by molar-refractivity contribution is 5.89. The fourth-order valence-corrected chi connectivity index (χ4v) is 3.27. The van der Waals surface area contributed by atoms with Crippen molar-refractivity contribution < 1.29 is 14.0 Å². The molecule has 2 atom stereocenters. The van der Waals surface area contributed by atoms with E-state index in [4.69, 9.17) is 4.42 Å². The molecule has 0 unspecified atom stereocenters. The number of nitrogens with one attached hydrogen (secondary N) is 2. The molecule has 0 spiro atoms. The molecule has 1 aromatic carbocycles. The van der Waals surface area contributed by atoms with Crippen molar-refractivity contribution in [3.05, 3.63) is 54.2 Å². The first-order valence-electron chi connectivity index (χ1n) is 8.65. The average Bonchev–Trinajstić information content (AvgIpc) is 3.35. The number of rotatable bonds is 5. The van der Waals surface area contributed by atoms with Crippen LogP contribution in [0.2, 0.25) is 0 Å². The summed E-state index contributed by atoms with van der Waals surface area (Å²) in [4.78, 5) is 34.2. The van der Waals surface area contributed by atoms with Gasteiger partial charge in [-0.3, -0.25) is 9.59 Å². The van der Waals surface area contributed by atoms with E-state index in [0.29, 0.717) is 18.9 Å². The minimum Gasteiger partial charge on any atom is -0.467 e. The first-order chi connectivity index (χ1) is 12.6. The van der Waals surface area contributed by atoms with Crippen molar-refractivity contribution in [2.75, 3.05) is 6.54 Å². The summed E-state index contributed by atoms with van der Waals surface area (Å²) in [7, 11) is 0. The highest BCUT2D eigenvalue weighted by Gasteiger charge is 2.35. The maximum absolute atomic E-state index is 12.6. The number of fused-ring (bicyclic) bond motifs is 1. The van der Waals surface area contributed by atoms with Crippen LogP contribution in [0.4, 0.5) is 0 Å². The van der Waals surface area contributed by atoms with Gasteiger partial charge in [-0.15, -0.1) is 0 Å². The molecule has 7 heteroatoms. The zero-order valence-electron chi connectivity index (χ0n) is 14.4. The number of para-hydroxylation sites is 2. The molecule has 0 radical (unpaired) electrons. The summed E-state index contributed by atoms with van der Waals surface area (Å²) in [6.07, 6.45) is 1.80. The van der Waals surface area contributed by atoms with E-state index in [2.05, 4.69) is 15.3 Å². The van der Waals surface area contributed by atoms with E-state index in [1.807, 2.05) is 37.3 Å². The summed E-state index contributed by atoms with van der Waals surface area (Å²) in [5, 5.41) is 2.96. The predicted octanol–water partition coefficient (Wildman–Crippen LogP) is 2.38. The highest BCUT2D eigenvalue weighted by Crippen LogP contribution is 2.22. The van der Waals surface area contributed by atoms with Gasteiger partial charge in [0.2, 0.25) is 11.8 Å². The Hall–Kier alpha value is -3.09. The second-order valence-corrected chi connectivity index (χ2v) is 6.62. The molecule has 0 saturated carbocycles. The van der Waals surface area contributed by atoms with Gasteiger partial charge in [-0.1, -0.05) is 12.1 Å². The molecule has 2 amide bonds. The van der Waals surface area contributed by atoms with Crippen LogP contribution in [0.5, 0.6) is 0 Å². The number of carbonyl (C=O) groups excluding carboxylic acids is 2. The average molecular weight is 352 g/mol. The number of aromatic amines is 1. The molecule has 0 aliphatic carbocycles. The SMILES string of the molecule is C[C@H](NC(=O)[C@H]1CC(=O)N(Cc2ccco2)C1)c1nc2ccccc2[nH]1. The van der Waals surface area contributed by atoms with Gasteiger partial charge in [-0.05, 0) is 31.2 Å². The second-order valence-electron chi connectivity index (χ2n) is 6.62. The van der Waals surface area contributed by atoms with Crippen LogP contribution in [0, 0.1) is 5.92 Å². The first-order valence-corrected chi connectivity index (χ1v) is 8.65. The number of amides is 2. The van der Waals surface area contributed by atoms with Crippen molar-refractivity contribution >= 4 is 22.8 Å². The number of carbonyl (C=O) groups is 2. The Morgan fingerprint density at radius 1 is 1.38 bits per heavy atom. The monoisotopic (exact) mass is 352 g/mol. The number of likely N-dealkylation sites (tertiary alicyclic amines) is 1. The van der Waals surface area contributed by atoms with Crippen LogP contribution in [0.3, 0.4) is 0 Å². The van der Waals surface area contributed by atoms with Gasteiger partial charge < -0.3 is 19.6 Å². The molecule has 1 aliphatic heterocycles. The van der Waals surface area contributed by atoms with Crippen molar-refractivity contribution in [1.82, 2.24) is 20.2 Å². The van der Waals surface area contributed by atoms with Crippen molar-refractivity contribution in [2.24, 2.45) is 5.92 Å². The molecule has 4 rings (SSSR count). The molecule has 3 heterocycles. The Kier molecular flexibility index (Phi) is 4.20. The highest BCUT2D eigenvalue weighted by atomic mass is 16.3. The van der Waals surface area contributed by atoms with Crippen LogP contribution in [0.25, 0.3) is 11.0 Å². The van der Waals surface area contributed by atoms with Gasteiger partial charge >= 0.3 is 0 Å². The van der Waals surface area contributed by atoms with Gasteiger partial charge in [-0.25, -0.2) is 4.98 Å². The zero-order chi connectivity index (χ0) is 18.1. The number of H-pyrrole nitrogens is 1. The third-order valence-electron chi connectivity index (χ3n) is 4.69. The first kappa shape index (κ1) is 16.4. The quantitative estimate of drug-likeness (QED) is 0.737. The molecule has 26 heavy (non-hydrogen) atoms. The van der Waals surface area contributed by atoms with Crippen LogP contribution < -0.4 is 5.32 Å². The van der Waals surface area contributed by atoms with E-state index in [9.17, 15) is 9.59 Å². The largest absolute Gasteiger partial charge is 0.467 e. The normalized spacial score (nSPS) is 18.4. The maximum atomic E-state index is 12.6. The van der Waals surface area contributed by atoms with Crippen molar-refractivity contribution in [1.29, 1.82) is 0 Å². The van der Waals surface area contributed by atoms with E-state index in [1.54, 1.807) is 17.2 Å². The van der Waals surface area contributed by atoms with Gasteiger partial charge in [0.15, 0.2) is 0 Å². The summed E-state index contributed by atoms with van der Waals surface area (Å²) in [5.74, 6) is 0.904. The van der Waals surface area contributed by atoms with Gasteiger partial charge in [0.25, 0.3) is 0 Å². The minimum atomic E-state index is -0.357. The third-order valence-corrected chi connectivity index (χ3v) is 4.69. The zero-order valence-corrected chi connectivity index (χ0v) is 14.4. The molecular formula is C19H20N4O3. The number of hydrogen-bond acceptors (Lipinski definition) is 4. The van der Waals surface area contributed by atoms with E-state index in [1.165, 1.54) is 0 Å². The Bertz CT molecular complexity index is 898. The topological polar surface area (TPSA) is 91.2 Å². The van der Waals surface area contributed by atoms with E-state index in [0.717, 1.165) is 16.8 Å².